The SMILES string of the molecule is CC(N)Cc1cccc(Cl)c1OCc1cncc(F)c1. The molecule has 1 aromatic heterocycles. The van der Waals surface area contributed by atoms with Gasteiger partial charge in [-0.05, 0) is 31.0 Å². The third-order valence-electron chi connectivity index (χ3n) is 2.74. The molecule has 0 aliphatic carbocycles. The molecular weight excluding hydrogens is 279 g/mol. The molecule has 0 aliphatic heterocycles. The number of ether oxygens (including phenoxy) is 1. The first-order valence-corrected chi connectivity index (χ1v) is 6.69. The Bertz CT molecular complexity index is 590. The monoisotopic (exact) mass is 294 g/mol. The van der Waals surface area contributed by atoms with Gasteiger partial charge in [0.15, 0.2) is 0 Å². The van der Waals surface area contributed by atoms with Gasteiger partial charge in [-0.25, -0.2) is 4.39 Å². The van der Waals surface area contributed by atoms with Gasteiger partial charge in [-0.2, -0.15) is 0 Å². The Morgan fingerprint density at radius 1 is 1.40 bits per heavy atom. The van der Waals surface area contributed by atoms with E-state index >= 15 is 0 Å². The van der Waals surface area contributed by atoms with Gasteiger partial charge in [0.05, 0.1) is 11.2 Å². The highest BCUT2D eigenvalue weighted by atomic mass is 35.5. The summed E-state index contributed by atoms with van der Waals surface area (Å²) >= 11 is 6.15. The van der Waals surface area contributed by atoms with E-state index in [0.29, 0.717) is 22.8 Å². The minimum Gasteiger partial charge on any atom is -0.487 e. The lowest BCUT2D eigenvalue weighted by Gasteiger charge is -2.14. The van der Waals surface area contributed by atoms with E-state index in [4.69, 9.17) is 22.1 Å². The Labute approximate surface area is 122 Å². The lowest BCUT2D eigenvalue weighted by Crippen LogP contribution is -2.18. The van der Waals surface area contributed by atoms with E-state index in [9.17, 15) is 4.39 Å². The number of benzene rings is 1. The summed E-state index contributed by atoms with van der Waals surface area (Å²) in [7, 11) is 0. The van der Waals surface area contributed by atoms with Gasteiger partial charge < -0.3 is 10.5 Å². The molecule has 2 rings (SSSR count). The van der Waals surface area contributed by atoms with Gasteiger partial charge in [-0.15, -0.1) is 0 Å². The van der Waals surface area contributed by atoms with Crippen molar-refractivity contribution in [1.29, 1.82) is 0 Å². The Morgan fingerprint density at radius 2 is 2.20 bits per heavy atom. The van der Waals surface area contributed by atoms with Crippen LogP contribution in [0.4, 0.5) is 4.39 Å². The highest BCUT2D eigenvalue weighted by Crippen LogP contribution is 2.30. The van der Waals surface area contributed by atoms with Crippen LogP contribution in [0.2, 0.25) is 5.02 Å². The molecule has 2 aromatic rings. The molecule has 0 saturated carbocycles. The molecule has 0 aliphatic rings. The van der Waals surface area contributed by atoms with Crippen LogP contribution < -0.4 is 10.5 Å². The topological polar surface area (TPSA) is 48.1 Å². The Balaban J connectivity index is 2.16. The van der Waals surface area contributed by atoms with Crippen molar-refractivity contribution in [2.75, 3.05) is 0 Å². The maximum absolute atomic E-state index is 13.1. The van der Waals surface area contributed by atoms with Crippen molar-refractivity contribution in [2.45, 2.75) is 26.0 Å². The van der Waals surface area contributed by atoms with Crippen LogP contribution in [0.15, 0.2) is 36.7 Å². The predicted molar refractivity (Wildman–Crippen MR) is 77.3 cm³/mol. The first-order valence-electron chi connectivity index (χ1n) is 6.31. The number of aromatic nitrogens is 1. The number of halogens is 2. The maximum Gasteiger partial charge on any atom is 0.141 e. The number of hydrogen-bond acceptors (Lipinski definition) is 3. The van der Waals surface area contributed by atoms with Crippen LogP contribution in [0.3, 0.4) is 0 Å². The molecule has 0 saturated heterocycles. The molecule has 3 nitrogen and oxygen atoms in total. The summed E-state index contributed by atoms with van der Waals surface area (Å²) in [4.78, 5) is 3.78. The van der Waals surface area contributed by atoms with Crippen molar-refractivity contribution >= 4 is 11.6 Å². The second-order valence-corrected chi connectivity index (χ2v) is 5.12. The normalized spacial score (nSPS) is 12.2. The molecule has 1 atom stereocenters. The third kappa shape index (κ3) is 3.92. The van der Waals surface area contributed by atoms with Gasteiger partial charge in [0.1, 0.15) is 18.2 Å². The molecule has 0 radical (unpaired) electrons. The van der Waals surface area contributed by atoms with Crippen LogP contribution in [-0.2, 0) is 13.0 Å². The average Bonchev–Trinajstić information content (AvgIpc) is 2.37. The summed E-state index contributed by atoms with van der Waals surface area (Å²) in [6.07, 6.45) is 3.38. The van der Waals surface area contributed by atoms with E-state index in [2.05, 4.69) is 4.98 Å². The van der Waals surface area contributed by atoms with Crippen LogP contribution in [0.1, 0.15) is 18.1 Å². The Morgan fingerprint density at radius 3 is 2.90 bits per heavy atom. The maximum atomic E-state index is 13.1. The number of nitrogens with zero attached hydrogens (tertiary/aromatic N) is 1. The molecule has 0 bridgehead atoms. The van der Waals surface area contributed by atoms with E-state index in [1.54, 1.807) is 12.3 Å². The number of nitrogens with two attached hydrogens (primary N) is 1. The highest BCUT2D eigenvalue weighted by molar-refractivity contribution is 6.32. The molecule has 0 fully saturated rings. The summed E-state index contributed by atoms with van der Waals surface area (Å²) < 4.78 is 18.8. The van der Waals surface area contributed by atoms with Gasteiger partial charge >= 0.3 is 0 Å². The second-order valence-electron chi connectivity index (χ2n) is 4.71. The smallest absolute Gasteiger partial charge is 0.141 e. The molecule has 2 N–H and O–H groups in total. The van der Waals surface area contributed by atoms with Gasteiger partial charge in [-0.1, -0.05) is 23.7 Å². The van der Waals surface area contributed by atoms with Crippen molar-refractivity contribution in [3.63, 3.8) is 0 Å². The van der Waals surface area contributed by atoms with Crippen LogP contribution in [0, 0.1) is 5.82 Å². The lowest BCUT2D eigenvalue weighted by atomic mass is 10.1. The summed E-state index contributed by atoms with van der Waals surface area (Å²) in [6, 6.07) is 6.93. The first-order chi connectivity index (χ1) is 9.56. The van der Waals surface area contributed by atoms with E-state index in [1.807, 2.05) is 19.1 Å². The molecule has 1 heterocycles. The van der Waals surface area contributed by atoms with E-state index < -0.39 is 0 Å². The van der Waals surface area contributed by atoms with E-state index in [-0.39, 0.29) is 18.5 Å². The Kier molecular flexibility index (Phi) is 4.93. The van der Waals surface area contributed by atoms with Crippen molar-refractivity contribution in [1.82, 2.24) is 4.98 Å². The minimum atomic E-state index is -0.388. The van der Waals surface area contributed by atoms with Crippen molar-refractivity contribution in [3.05, 3.63) is 58.6 Å². The van der Waals surface area contributed by atoms with E-state index in [1.165, 1.54) is 6.07 Å². The minimum absolute atomic E-state index is 0.00616. The average molecular weight is 295 g/mol. The predicted octanol–water partition coefficient (Wildman–Crippen LogP) is 3.34. The van der Waals surface area contributed by atoms with Gasteiger partial charge in [0.25, 0.3) is 0 Å². The quantitative estimate of drug-likeness (QED) is 0.920. The zero-order valence-corrected chi connectivity index (χ0v) is 11.9. The van der Waals surface area contributed by atoms with Gasteiger partial charge in [0.2, 0.25) is 0 Å². The van der Waals surface area contributed by atoms with Gasteiger partial charge in [0, 0.05) is 17.8 Å². The zero-order chi connectivity index (χ0) is 14.5. The summed E-state index contributed by atoms with van der Waals surface area (Å²) in [5.41, 5.74) is 7.40. The number of rotatable bonds is 5. The van der Waals surface area contributed by atoms with E-state index in [0.717, 1.165) is 11.8 Å². The van der Waals surface area contributed by atoms with Crippen molar-refractivity contribution in [2.24, 2.45) is 5.73 Å². The molecule has 1 unspecified atom stereocenters. The molecule has 5 heteroatoms. The summed E-state index contributed by atoms with van der Waals surface area (Å²) in [6.45, 7) is 2.13. The summed E-state index contributed by atoms with van der Waals surface area (Å²) in [5.74, 6) is 0.205. The molecule has 20 heavy (non-hydrogen) atoms. The lowest BCUT2D eigenvalue weighted by molar-refractivity contribution is 0.301. The second kappa shape index (κ2) is 6.68. The number of para-hydroxylation sites is 1. The molecule has 106 valence electrons. The third-order valence-corrected chi connectivity index (χ3v) is 3.03. The van der Waals surface area contributed by atoms with Crippen LogP contribution in [0.5, 0.6) is 5.75 Å². The van der Waals surface area contributed by atoms with Crippen LogP contribution in [-0.4, -0.2) is 11.0 Å². The standard InChI is InChI=1S/C15H16ClFN2O/c1-10(18)5-12-3-2-4-14(16)15(12)20-9-11-6-13(17)8-19-7-11/h2-4,6-8,10H,5,9,18H2,1H3. The Hall–Kier alpha value is -1.65. The van der Waals surface area contributed by atoms with Crippen molar-refractivity contribution in [3.8, 4) is 5.75 Å². The summed E-state index contributed by atoms with van der Waals surface area (Å²) in [5, 5.41) is 0.521. The first kappa shape index (κ1) is 14.8. The molecule has 1 aromatic carbocycles. The van der Waals surface area contributed by atoms with Crippen LogP contribution >= 0.6 is 11.6 Å². The largest absolute Gasteiger partial charge is 0.487 e. The highest BCUT2D eigenvalue weighted by Gasteiger charge is 2.10. The van der Waals surface area contributed by atoms with Gasteiger partial charge in [-0.3, -0.25) is 4.98 Å². The van der Waals surface area contributed by atoms with Crippen molar-refractivity contribution < 1.29 is 9.13 Å². The number of hydrogen-bond donors (Lipinski definition) is 1. The molecule has 0 amide bonds. The fourth-order valence-corrected chi connectivity index (χ4v) is 2.16. The fourth-order valence-electron chi connectivity index (χ4n) is 1.91. The fraction of sp³-hybridized carbons (Fsp3) is 0.267. The van der Waals surface area contributed by atoms with Crippen LogP contribution in [0.25, 0.3) is 0 Å². The zero-order valence-electron chi connectivity index (χ0n) is 11.1. The molecule has 0 spiro atoms. The molecular formula is C15H16ClFN2O. The number of pyridine rings is 1.